The molecule has 0 fully saturated rings. The number of hydrogen-bond donors (Lipinski definition) is 3. The second-order valence-electron chi connectivity index (χ2n) is 14.2. The second kappa shape index (κ2) is 20.8. The van der Waals surface area contributed by atoms with E-state index in [1.165, 1.54) is 16.7 Å². The van der Waals surface area contributed by atoms with Crippen molar-refractivity contribution in [1.29, 1.82) is 0 Å². The van der Waals surface area contributed by atoms with Gasteiger partial charge < -0.3 is 25.3 Å². The van der Waals surface area contributed by atoms with Crippen LogP contribution in [0.4, 0.5) is 0 Å². The number of hydrogen-bond acceptors (Lipinski definition) is 3. The zero-order valence-electron chi connectivity index (χ0n) is 33.1. The van der Waals surface area contributed by atoms with Gasteiger partial charge in [-0.25, -0.2) is 4.79 Å². The number of carbonyl (C=O) groups excluding carboxylic acids is 1. The molecule has 7 nitrogen and oxygen atoms in total. The molecule has 0 aliphatic rings. The minimum Gasteiger partial charge on any atom is -0.478 e. The Morgan fingerprint density at radius 1 is 0.593 bits per heavy atom. The number of halogens is 2. The molecule has 0 spiro atoms. The highest BCUT2D eigenvalue weighted by Crippen LogP contribution is 2.25. The number of nitrogens with one attached hydrogen (secondary N) is 1. The summed E-state index contributed by atoms with van der Waals surface area (Å²) < 4.78 is 6.49. The SMILES string of the molecule is CCC(N)c1ccccc1.CCC(NC(=O)c1ccc2c(ccn2Cc2ccccc2Br)c1)c1ccccc1.O=C(O)c1ccc2c(ccn2Cc2ccccc2Br)c1. The van der Waals surface area contributed by atoms with Crippen molar-refractivity contribution in [2.24, 2.45) is 5.73 Å². The molecule has 2 atom stereocenters. The number of aromatic carboxylic acids is 1. The average Bonchev–Trinajstić information content (AvgIpc) is 3.87. The van der Waals surface area contributed by atoms with Crippen molar-refractivity contribution in [3.63, 3.8) is 0 Å². The number of carbonyl (C=O) groups is 2. The summed E-state index contributed by atoms with van der Waals surface area (Å²) in [4.78, 5) is 23.8. The first-order chi connectivity index (χ1) is 28.6. The van der Waals surface area contributed by atoms with Gasteiger partial charge in [0.2, 0.25) is 0 Å². The highest BCUT2D eigenvalue weighted by atomic mass is 79.9. The third-order valence-electron chi connectivity index (χ3n) is 10.2. The van der Waals surface area contributed by atoms with Gasteiger partial charge in [-0.05, 0) is 95.8 Å². The summed E-state index contributed by atoms with van der Waals surface area (Å²) in [5.74, 6) is -0.938. The zero-order chi connectivity index (χ0) is 41.7. The maximum atomic E-state index is 12.8. The topological polar surface area (TPSA) is 102 Å². The number of nitrogens with zero attached hydrogens (tertiary/aromatic N) is 2. The third kappa shape index (κ3) is 11.3. The first kappa shape index (κ1) is 42.9. The first-order valence-corrected chi connectivity index (χ1v) is 21.3. The standard InChI is InChI=1S/C25H23BrN2O.C16H12BrNO2.C9H13N/c1-2-23(18-8-4-3-5-9-18)27-25(29)20-12-13-24-19(16-20)14-15-28(24)17-21-10-6-7-11-22(21)26;17-14-4-2-1-3-13(14)10-18-8-7-11-9-12(16(19)20)5-6-15(11)18;1-2-9(10)8-6-4-3-5-7-8/h3-16,23H,2,17H2,1H3,(H,27,29);1-9H,10H2,(H,19,20);3-7,9H,2,10H2,1H3. The predicted molar refractivity (Wildman–Crippen MR) is 248 cm³/mol. The molecule has 0 radical (unpaired) electrons. The van der Waals surface area contributed by atoms with Crippen molar-refractivity contribution in [3.8, 4) is 0 Å². The molecule has 8 rings (SSSR count). The van der Waals surface area contributed by atoms with Crippen molar-refractivity contribution < 1.29 is 14.7 Å². The molecule has 8 aromatic rings. The van der Waals surface area contributed by atoms with Gasteiger partial charge in [-0.3, -0.25) is 4.79 Å². The first-order valence-electron chi connectivity index (χ1n) is 19.7. The van der Waals surface area contributed by atoms with E-state index < -0.39 is 5.97 Å². The molecule has 59 heavy (non-hydrogen) atoms. The summed E-state index contributed by atoms with van der Waals surface area (Å²) in [6.45, 7) is 5.71. The molecule has 2 aromatic heterocycles. The van der Waals surface area contributed by atoms with Gasteiger partial charge in [0.15, 0.2) is 0 Å². The number of benzene rings is 6. The molecule has 2 unspecified atom stereocenters. The Bertz CT molecular complexity index is 2620. The van der Waals surface area contributed by atoms with E-state index in [4.69, 9.17) is 10.8 Å². The van der Waals surface area contributed by atoms with Crippen LogP contribution in [0.5, 0.6) is 0 Å². The van der Waals surface area contributed by atoms with Crippen molar-refractivity contribution in [2.45, 2.75) is 51.9 Å². The van der Waals surface area contributed by atoms with E-state index in [1.807, 2.05) is 103 Å². The lowest BCUT2D eigenvalue weighted by Gasteiger charge is -2.17. The van der Waals surface area contributed by atoms with Crippen LogP contribution in [0.2, 0.25) is 0 Å². The maximum Gasteiger partial charge on any atom is 0.335 e. The maximum absolute atomic E-state index is 12.8. The lowest BCUT2D eigenvalue weighted by molar-refractivity contribution is 0.0696. The van der Waals surface area contributed by atoms with Crippen LogP contribution in [-0.4, -0.2) is 26.1 Å². The molecule has 6 aromatic carbocycles. The molecule has 0 saturated carbocycles. The minimum absolute atomic E-state index is 0.0134. The van der Waals surface area contributed by atoms with Crippen LogP contribution < -0.4 is 11.1 Å². The Hall–Kier alpha value is -5.74. The number of amides is 1. The average molecular weight is 913 g/mol. The smallest absolute Gasteiger partial charge is 0.335 e. The Balaban J connectivity index is 0.000000168. The Morgan fingerprint density at radius 2 is 1.05 bits per heavy atom. The quantitative estimate of drug-likeness (QED) is 0.120. The van der Waals surface area contributed by atoms with E-state index in [-0.39, 0.29) is 18.0 Å². The van der Waals surface area contributed by atoms with Crippen molar-refractivity contribution in [3.05, 3.63) is 212 Å². The van der Waals surface area contributed by atoms with Crippen LogP contribution in [0.1, 0.15) is 81.7 Å². The lowest BCUT2D eigenvalue weighted by atomic mass is 10.0. The number of carboxylic acid groups (broad SMARTS) is 1. The summed E-state index contributed by atoms with van der Waals surface area (Å²) in [5, 5.41) is 14.2. The van der Waals surface area contributed by atoms with Crippen LogP contribution in [-0.2, 0) is 13.1 Å². The monoisotopic (exact) mass is 910 g/mol. The third-order valence-corrected chi connectivity index (χ3v) is 11.8. The number of aromatic nitrogens is 2. The van der Waals surface area contributed by atoms with E-state index >= 15 is 0 Å². The van der Waals surface area contributed by atoms with Crippen LogP contribution in [0, 0.1) is 0 Å². The molecule has 0 aliphatic carbocycles. The van der Waals surface area contributed by atoms with Crippen molar-refractivity contribution >= 4 is 65.5 Å². The van der Waals surface area contributed by atoms with E-state index in [9.17, 15) is 9.59 Å². The number of rotatable bonds is 11. The summed E-state index contributed by atoms with van der Waals surface area (Å²) in [6.07, 6.45) is 5.91. The molecule has 0 aliphatic heterocycles. The van der Waals surface area contributed by atoms with Crippen LogP contribution in [0.25, 0.3) is 21.8 Å². The van der Waals surface area contributed by atoms with Crippen molar-refractivity contribution in [1.82, 2.24) is 14.5 Å². The molecular formula is C50H48Br2N4O3. The van der Waals surface area contributed by atoms with E-state index in [2.05, 4.69) is 115 Å². The molecule has 300 valence electrons. The lowest BCUT2D eigenvalue weighted by Crippen LogP contribution is -2.28. The van der Waals surface area contributed by atoms with Crippen LogP contribution in [0.15, 0.2) is 179 Å². The van der Waals surface area contributed by atoms with Gasteiger partial charge in [-0.1, -0.05) is 143 Å². The zero-order valence-corrected chi connectivity index (χ0v) is 36.3. The van der Waals surface area contributed by atoms with E-state index in [1.54, 1.807) is 12.1 Å². The molecule has 1 amide bonds. The normalized spacial score (nSPS) is 11.8. The van der Waals surface area contributed by atoms with Gasteiger partial charge in [0.05, 0.1) is 11.6 Å². The Kier molecular flexibility index (Phi) is 15.1. The minimum atomic E-state index is -0.898. The summed E-state index contributed by atoms with van der Waals surface area (Å²) >= 11 is 7.17. The molecule has 0 saturated heterocycles. The highest BCUT2D eigenvalue weighted by molar-refractivity contribution is 9.10. The van der Waals surface area contributed by atoms with E-state index in [0.29, 0.717) is 11.1 Å². The molecule has 4 N–H and O–H groups in total. The second-order valence-corrected chi connectivity index (χ2v) is 15.9. The summed E-state index contributed by atoms with van der Waals surface area (Å²) in [6, 6.07) is 51.9. The summed E-state index contributed by atoms with van der Waals surface area (Å²) in [7, 11) is 0. The van der Waals surface area contributed by atoms with Crippen LogP contribution >= 0.6 is 31.9 Å². The highest BCUT2D eigenvalue weighted by Gasteiger charge is 2.15. The number of carboxylic acids is 1. The van der Waals surface area contributed by atoms with Crippen molar-refractivity contribution in [2.75, 3.05) is 0 Å². The Morgan fingerprint density at radius 3 is 1.53 bits per heavy atom. The molecular weight excluding hydrogens is 864 g/mol. The molecule has 2 heterocycles. The fourth-order valence-electron chi connectivity index (χ4n) is 6.85. The molecule has 0 bridgehead atoms. The fourth-order valence-corrected chi connectivity index (χ4v) is 7.67. The van der Waals surface area contributed by atoms with Gasteiger partial charge in [-0.2, -0.15) is 0 Å². The van der Waals surface area contributed by atoms with Gasteiger partial charge in [0.1, 0.15) is 0 Å². The van der Waals surface area contributed by atoms with Gasteiger partial charge in [0.25, 0.3) is 5.91 Å². The molecule has 9 heteroatoms. The van der Waals surface area contributed by atoms with E-state index in [0.717, 1.165) is 62.2 Å². The fraction of sp³-hybridized carbons (Fsp3) is 0.160. The van der Waals surface area contributed by atoms with Gasteiger partial charge in [0, 0.05) is 67.8 Å². The number of nitrogens with two attached hydrogens (primary N) is 1. The Labute approximate surface area is 362 Å². The van der Waals surface area contributed by atoms with Crippen LogP contribution in [0.3, 0.4) is 0 Å². The number of fused-ring (bicyclic) bond motifs is 2. The predicted octanol–water partition coefficient (Wildman–Crippen LogP) is 12.6. The van der Waals surface area contributed by atoms with Gasteiger partial charge >= 0.3 is 5.97 Å². The van der Waals surface area contributed by atoms with Gasteiger partial charge in [-0.15, -0.1) is 0 Å². The largest absolute Gasteiger partial charge is 0.478 e. The summed E-state index contributed by atoms with van der Waals surface area (Å²) in [5.41, 5.74) is 13.7.